The third kappa shape index (κ3) is 3.07. The molecule has 1 aromatic carbocycles. The van der Waals surface area contributed by atoms with E-state index in [1.54, 1.807) is 12.4 Å². The maximum absolute atomic E-state index is 5.82. The molecule has 1 aromatic heterocycles. The Morgan fingerprint density at radius 1 is 1.24 bits per heavy atom. The van der Waals surface area contributed by atoms with E-state index in [4.69, 9.17) is 4.74 Å². The van der Waals surface area contributed by atoms with Gasteiger partial charge in [-0.3, -0.25) is 0 Å². The topological polar surface area (TPSA) is 50.3 Å². The van der Waals surface area contributed by atoms with Crippen molar-refractivity contribution in [2.75, 3.05) is 37.5 Å². The number of fused-ring (bicyclic) bond motifs is 1. The van der Waals surface area contributed by atoms with Crippen LogP contribution in [0.5, 0.6) is 5.75 Å². The molecule has 110 valence electrons. The molecule has 1 N–H and O–H groups in total. The fraction of sp³-hybridized carbons (Fsp3) is 0.375. The molecule has 0 bridgehead atoms. The second kappa shape index (κ2) is 5.99. The van der Waals surface area contributed by atoms with E-state index in [0.717, 1.165) is 37.0 Å². The monoisotopic (exact) mass is 284 g/mol. The summed E-state index contributed by atoms with van der Waals surface area (Å²) in [4.78, 5) is 10.7. The predicted octanol–water partition coefficient (Wildman–Crippen LogP) is 2.21. The Labute approximate surface area is 125 Å². The third-order valence-electron chi connectivity index (χ3n) is 3.62. The first-order valence-corrected chi connectivity index (χ1v) is 7.17. The van der Waals surface area contributed by atoms with Crippen molar-refractivity contribution in [3.05, 3.63) is 42.2 Å². The number of benzene rings is 1. The molecule has 0 spiro atoms. The number of hydrogen-bond donors (Lipinski definition) is 1. The van der Waals surface area contributed by atoms with Gasteiger partial charge in [0.2, 0.25) is 0 Å². The molecule has 0 saturated heterocycles. The number of rotatable bonds is 4. The van der Waals surface area contributed by atoms with Gasteiger partial charge in [-0.15, -0.1) is 0 Å². The van der Waals surface area contributed by atoms with E-state index < -0.39 is 0 Å². The molecule has 1 atom stereocenters. The highest BCUT2D eigenvalue weighted by Crippen LogP contribution is 2.27. The lowest BCUT2D eigenvalue weighted by Gasteiger charge is -2.26. The minimum atomic E-state index is 0.442. The maximum atomic E-state index is 5.82. The van der Waals surface area contributed by atoms with Crippen LogP contribution < -0.4 is 15.0 Å². The number of para-hydroxylation sites is 1. The lowest BCUT2D eigenvalue weighted by molar-refractivity contribution is 0.229. The van der Waals surface area contributed by atoms with Crippen molar-refractivity contribution in [2.24, 2.45) is 5.92 Å². The van der Waals surface area contributed by atoms with Gasteiger partial charge in [-0.1, -0.05) is 18.2 Å². The Kier molecular flexibility index (Phi) is 3.90. The summed E-state index contributed by atoms with van der Waals surface area (Å²) in [5.74, 6) is 3.13. The number of nitrogens with zero attached hydrogens (tertiary/aromatic N) is 3. The van der Waals surface area contributed by atoms with Crippen LogP contribution in [-0.2, 0) is 6.42 Å². The van der Waals surface area contributed by atoms with Gasteiger partial charge in [0.25, 0.3) is 0 Å². The van der Waals surface area contributed by atoms with Crippen LogP contribution in [0, 0.1) is 5.92 Å². The number of aromatic nitrogens is 2. The van der Waals surface area contributed by atoms with Gasteiger partial charge in [0.15, 0.2) is 11.6 Å². The Hall–Kier alpha value is -2.30. The summed E-state index contributed by atoms with van der Waals surface area (Å²) in [6.45, 7) is 1.56. The SMILES string of the molecule is CN(C)c1nccnc1NCC1COc2ccccc2C1. The van der Waals surface area contributed by atoms with E-state index in [1.165, 1.54) is 5.56 Å². The van der Waals surface area contributed by atoms with Crippen LogP contribution in [0.4, 0.5) is 11.6 Å². The van der Waals surface area contributed by atoms with E-state index >= 15 is 0 Å². The van der Waals surface area contributed by atoms with Crippen LogP contribution in [0.1, 0.15) is 5.56 Å². The average molecular weight is 284 g/mol. The molecule has 0 aliphatic carbocycles. The maximum Gasteiger partial charge on any atom is 0.171 e. The largest absolute Gasteiger partial charge is 0.493 e. The molecule has 5 heteroatoms. The van der Waals surface area contributed by atoms with Gasteiger partial charge in [-0.2, -0.15) is 0 Å². The average Bonchev–Trinajstić information content (AvgIpc) is 2.53. The van der Waals surface area contributed by atoms with Crippen molar-refractivity contribution >= 4 is 11.6 Å². The Morgan fingerprint density at radius 3 is 2.90 bits per heavy atom. The van der Waals surface area contributed by atoms with Gasteiger partial charge in [-0.25, -0.2) is 9.97 Å². The molecule has 1 aliphatic rings. The van der Waals surface area contributed by atoms with E-state index in [-0.39, 0.29) is 0 Å². The van der Waals surface area contributed by atoms with Crippen molar-refractivity contribution in [1.82, 2.24) is 9.97 Å². The van der Waals surface area contributed by atoms with Crippen LogP contribution >= 0.6 is 0 Å². The smallest absolute Gasteiger partial charge is 0.171 e. The summed E-state index contributed by atoms with van der Waals surface area (Å²) in [5.41, 5.74) is 1.28. The molecule has 0 fully saturated rings. The zero-order valence-corrected chi connectivity index (χ0v) is 12.4. The fourth-order valence-corrected chi connectivity index (χ4v) is 2.55. The van der Waals surface area contributed by atoms with Crippen molar-refractivity contribution in [3.8, 4) is 5.75 Å². The van der Waals surface area contributed by atoms with Crippen LogP contribution in [0.3, 0.4) is 0 Å². The number of ether oxygens (including phenoxy) is 1. The van der Waals surface area contributed by atoms with Gasteiger partial charge in [-0.05, 0) is 18.1 Å². The van der Waals surface area contributed by atoms with Crippen molar-refractivity contribution in [3.63, 3.8) is 0 Å². The molecule has 1 unspecified atom stereocenters. The van der Waals surface area contributed by atoms with Gasteiger partial charge in [0.1, 0.15) is 5.75 Å². The molecule has 2 aromatic rings. The molecule has 0 saturated carbocycles. The van der Waals surface area contributed by atoms with E-state index in [1.807, 2.05) is 31.1 Å². The number of hydrogen-bond acceptors (Lipinski definition) is 5. The zero-order chi connectivity index (χ0) is 14.7. The summed E-state index contributed by atoms with van der Waals surface area (Å²) >= 11 is 0. The van der Waals surface area contributed by atoms with Crippen molar-refractivity contribution in [2.45, 2.75) is 6.42 Å². The van der Waals surface area contributed by atoms with E-state index in [9.17, 15) is 0 Å². The minimum Gasteiger partial charge on any atom is -0.493 e. The lowest BCUT2D eigenvalue weighted by atomic mass is 9.97. The normalized spacial score (nSPS) is 16.8. The highest BCUT2D eigenvalue weighted by molar-refractivity contribution is 5.59. The van der Waals surface area contributed by atoms with Crippen LogP contribution in [0.2, 0.25) is 0 Å². The molecular formula is C16H20N4O. The minimum absolute atomic E-state index is 0.442. The van der Waals surface area contributed by atoms with Gasteiger partial charge >= 0.3 is 0 Å². The van der Waals surface area contributed by atoms with Crippen LogP contribution in [-0.4, -0.2) is 37.2 Å². The molecule has 0 radical (unpaired) electrons. The quantitative estimate of drug-likeness (QED) is 0.933. The molecular weight excluding hydrogens is 264 g/mol. The van der Waals surface area contributed by atoms with Crippen LogP contribution in [0.25, 0.3) is 0 Å². The lowest BCUT2D eigenvalue weighted by Crippen LogP contribution is -2.28. The molecule has 1 aliphatic heterocycles. The van der Waals surface area contributed by atoms with Crippen LogP contribution in [0.15, 0.2) is 36.7 Å². The van der Waals surface area contributed by atoms with Gasteiger partial charge in [0.05, 0.1) is 6.61 Å². The molecule has 0 amide bonds. The predicted molar refractivity (Wildman–Crippen MR) is 84.0 cm³/mol. The highest BCUT2D eigenvalue weighted by Gasteiger charge is 2.20. The summed E-state index contributed by atoms with van der Waals surface area (Å²) in [6, 6.07) is 8.24. The van der Waals surface area contributed by atoms with E-state index in [0.29, 0.717) is 5.92 Å². The summed E-state index contributed by atoms with van der Waals surface area (Å²) in [7, 11) is 3.93. The molecule has 5 nitrogen and oxygen atoms in total. The first kappa shape index (κ1) is 13.7. The third-order valence-corrected chi connectivity index (χ3v) is 3.62. The first-order chi connectivity index (χ1) is 10.2. The fourth-order valence-electron chi connectivity index (χ4n) is 2.55. The second-order valence-electron chi connectivity index (χ2n) is 5.49. The number of anilines is 2. The summed E-state index contributed by atoms with van der Waals surface area (Å²) in [5, 5.41) is 3.40. The molecule has 3 rings (SSSR count). The zero-order valence-electron chi connectivity index (χ0n) is 12.4. The van der Waals surface area contributed by atoms with Gasteiger partial charge < -0.3 is 15.0 Å². The molecule has 21 heavy (non-hydrogen) atoms. The standard InChI is InChI=1S/C16H20N4O/c1-20(2)16-15(17-7-8-18-16)19-10-12-9-13-5-3-4-6-14(13)21-11-12/h3-8,12H,9-11H2,1-2H3,(H,17,19). The second-order valence-corrected chi connectivity index (χ2v) is 5.49. The Balaban J connectivity index is 1.65. The first-order valence-electron chi connectivity index (χ1n) is 7.17. The van der Waals surface area contributed by atoms with Crippen molar-refractivity contribution in [1.29, 1.82) is 0 Å². The van der Waals surface area contributed by atoms with Crippen molar-refractivity contribution < 1.29 is 4.74 Å². The van der Waals surface area contributed by atoms with E-state index in [2.05, 4.69) is 27.4 Å². The van der Waals surface area contributed by atoms with Gasteiger partial charge in [0, 0.05) is 39.0 Å². The number of nitrogens with one attached hydrogen (secondary N) is 1. The summed E-state index contributed by atoms with van der Waals surface area (Å²) < 4.78 is 5.82. The summed E-state index contributed by atoms with van der Waals surface area (Å²) in [6.07, 6.45) is 4.45. The highest BCUT2D eigenvalue weighted by atomic mass is 16.5. The molecule has 2 heterocycles. The Bertz CT molecular complexity index is 615. The Morgan fingerprint density at radius 2 is 2.05 bits per heavy atom.